The first-order chi connectivity index (χ1) is 10.1. The molecule has 114 valence electrons. The number of nitrogens with one attached hydrogen (secondary N) is 1. The Morgan fingerprint density at radius 1 is 1.33 bits per heavy atom. The Balaban J connectivity index is 1.99. The van der Waals surface area contributed by atoms with E-state index in [0.29, 0.717) is 12.6 Å². The molecule has 0 fully saturated rings. The standard InChI is InChI=1S/C16H22BrN3O/c1-12(2)18-11-13-5-4-6-15(17)16(13)21-10-8-14-7-9-19-20(14)3/h4-7,9,12,18H,8,10-11H2,1-3H3. The van der Waals surface area contributed by atoms with E-state index >= 15 is 0 Å². The number of nitrogens with zero attached hydrogens (tertiary/aromatic N) is 2. The van der Waals surface area contributed by atoms with E-state index in [9.17, 15) is 0 Å². The molecule has 0 amide bonds. The van der Waals surface area contributed by atoms with Crippen LogP contribution in [0.4, 0.5) is 0 Å². The predicted molar refractivity (Wildman–Crippen MR) is 88.5 cm³/mol. The lowest BCUT2D eigenvalue weighted by Gasteiger charge is -2.15. The second-order valence-corrected chi connectivity index (χ2v) is 6.16. The van der Waals surface area contributed by atoms with Gasteiger partial charge in [0.15, 0.2) is 0 Å². The fourth-order valence-electron chi connectivity index (χ4n) is 2.07. The first-order valence-electron chi connectivity index (χ1n) is 7.18. The van der Waals surface area contributed by atoms with Gasteiger partial charge in [0.2, 0.25) is 0 Å². The number of benzene rings is 1. The van der Waals surface area contributed by atoms with Crippen molar-refractivity contribution in [2.75, 3.05) is 6.61 Å². The van der Waals surface area contributed by atoms with Crippen LogP contribution in [0.1, 0.15) is 25.1 Å². The molecule has 2 aromatic rings. The summed E-state index contributed by atoms with van der Waals surface area (Å²) in [4.78, 5) is 0. The molecule has 1 aromatic carbocycles. The number of ether oxygens (including phenoxy) is 1. The van der Waals surface area contributed by atoms with E-state index in [1.807, 2.05) is 36.1 Å². The molecular formula is C16H22BrN3O. The van der Waals surface area contributed by atoms with Crippen LogP contribution >= 0.6 is 15.9 Å². The van der Waals surface area contributed by atoms with Crippen LogP contribution in [0.15, 0.2) is 34.9 Å². The summed E-state index contributed by atoms with van der Waals surface area (Å²) in [6, 6.07) is 8.61. The van der Waals surface area contributed by atoms with E-state index in [1.54, 1.807) is 0 Å². The molecule has 0 saturated heterocycles. The van der Waals surface area contributed by atoms with Gasteiger partial charge in [0.05, 0.1) is 11.1 Å². The Labute approximate surface area is 134 Å². The van der Waals surface area contributed by atoms with Gasteiger partial charge in [-0.25, -0.2) is 0 Å². The average molecular weight is 352 g/mol. The van der Waals surface area contributed by atoms with E-state index in [4.69, 9.17) is 4.74 Å². The summed E-state index contributed by atoms with van der Waals surface area (Å²) in [5.41, 5.74) is 2.34. The van der Waals surface area contributed by atoms with Gasteiger partial charge in [0.25, 0.3) is 0 Å². The lowest BCUT2D eigenvalue weighted by atomic mass is 10.2. The largest absolute Gasteiger partial charge is 0.492 e. The van der Waals surface area contributed by atoms with Crippen LogP contribution in [-0.2, 0) is 20.0 Å². The quantitative estimate of drug-likeness (QED) is 0.831. The lowest BCUT2D eigenvalue weighted by Crippen LogP contribution is -2.22. The van der Waals surface area contributed by atoms with E-state index in [-0.39, 0.29) is 0 Å². The van der Waals surface area contributed by atoms with Crippen molar-refractivity contribution in [1.82, 2.24) is 15.1 Å². The number of hydrogen-bond donors (Lipinski definition) is 1. The summed E-state index contributed by atoms with van der Waals surface area (Å²) < 4.78 is 8.88. The van der Waals surface area contributed by atoms with Crippen molar-refractivity contribution < 1.29 is 4.74 Å². The van der Waals surface area contributed by atoms with Gasteiger partial charge in [0.1, 0.15) is 5.75 Å². The second kappa shape index (κ2) is 7.61. The molecule has 4 nitrogen and oxygen atoms in total. The van der Waals surface area contributed by atoms with Gasteiger partial charge in [0, 0.05) is 43.5 Å². The number of para-hydroxylation sites is 1. The van der Waals surface area contributed by atoms with Crippen molar-refractivity contribution in [2.24, 2.45) is 7.05 Å². The highest BCUT2D eigenvalue weighted by Crippen LogP contribution is 2.29. The Hall–Kier alpha value is -1.33. The van der Waals surface area contributed by atoms with Crippen LogP contribution in [0.25, 0.3) is 0 Å². The number of aromatic nitrogens is 2. The average Bonchev–Trinajstić information content (AvgIpc) is 2.84. The molecule has 0 saturated carbocycles. The zero-order valence-electron chi connectivity index (χ0n) is 12.8. The van der Waals surface area contributed by atoms with Crippen LogP contribution < -0.4 is 10.1 Å². The minimum Gasteiger partial charge on any atom is -0.492 e. The van der Waals surface area contributed by atoms with Crippen molar-refractivity contribution >= 4 is 15.9 Å². The molecule has 0 radical (unpaired) electrons. The predicted octanol–water partition coefficient (Wildman–Crippen LogP) is 3.30. The summed E-state index contributed by atoms with van der Waals surface area (Å²) in [5, 5.41) is 7.60. The maximum absolute atomic E-state index is 6.00. The fourth-order valence-corrected chi connectivity index (χ4v) is 2.59. The van der Waals surface area contributed by atoms with Gasteiger partial charge in [-0.3, -0.25) is 4.68 Å². The highest BCUT2D eigenvalue weighted by atomic mass is 79.9. The fraction of sp³-hybridized carbons (Fsp3) is 0.438. The van der Waals surface area contributed by atoms with Crippen LogP contribution in [0.2, 0.25) is 0 Å². The molecule has 2 rings (SSSR count). The van der Waals surface area contributed by atoms with Gasteiger partial charge < -0.3 is 10.1 Å². The molecule has 0 unspecified atom stereocenters. The van der Waals surface area contributed by atoms with Gasteiger partial charge in [-0.05, 0) is 28.1 Å². The minimum atomic E-state index is 0.450. The number of rotatable bonds is 7. The van der Waals surface area contributed by atoms with E-state index < -0.39 is 0 Å². The third-order valence-electron chi connectivity index (χ3n) is 3.28. The van der Waals surface area contributed by atoms with Crippen LogP contribution in [0, 0.1) is 0 Å². The third kappa shape index (κ3) is 4.58. The maximum atomic E-state index is 6.00. The summed E-state index contributed by atoms with van der Waals surface area (Å²) in [5.74, 6) is 0.924. The molecule has 1 heterocycles. The summed E-state index contributed by atoms with van der Waals surface area (Å²) >= 11 is 3.58. The number of halogens is 1. The lowest BCUT2D eigenvalue weighted by molar-refractivity contribution is 0.312. The van der Waals surface area contributed by atoms with Gasteiger partial charge in [-0.1, -0.05) is 26.0 Å². The highest BCUT2D eigenvalue weighted by Gasteiger charge is 2.09. The molecule has 5 heteroatoms. The summed E-state index contributed by atoms with van der Waals surface area (Å²) in [7, 11) is 1.95. The molecule has 0 aliphatic carbocycles. The molecule has 1 aromatic heterocycles. The summed E-state index contributed by atoms with van der Waals surface area (Å²) in [6.45, 7) is 5.72. The normalized spacial score (nSPS) is 11.1. The minimum absolute atomic E-state index is 0.450. The number of aryl methyl sites for hydroxylation is 1. The molecule has 0 bridgehead atoms. The molecular weight excluding hydrogens is 330 g/mol. The zero-order valence-corrected chi connectivity index (χ0v) is 14.4. The molecule has 0 atom stereocenters. The van der Waals surface area contributed by atoms with Crippen LogP contribution in [0.5, 0.6) is 5.75 Å². The first-order valence-corrected chi connectivity index (χ1v) is 7.97. The van der Waals surface area contributed by atoms with E-state index in [1.165, 1.54) is 11.3 Å². The monoisotopic (exact) mass is 351 g/mol. The van der Waals surface area contributed by atoms with Crippen molar-refractivity contribution in [2.45, 2.75) is 32.9 Å². The molecule has 21 heavy (non-hydrogen) atoms. The Bertz CT molecular complexity index is 581. The van der Waals surface area contributed by atoms with Crippen LogP contribution in [0.3, 0.4) is 0 Å². The molecule has 0 spiro atoms. The highest BCUT2D eigenvalue weighted by molar-refractivity contribution is 9.10. The van der Waals surface area contributed by atoms with Gasteiger partial charge in [-0.2, -0.15) is 5.10 Å². The Morgan fingerprint density at radius 2 is 2.14 bits per heavy atom. The van der Waals surface area contributed by atoms with E-state index in [0.717, 1.165) is 23.2 Å². The van der Waals surface area contributed by atoms with Gasteiger partial charge >= 0.3 is 0 Å². The van der Waals surface area contributed by atoms with Gasteiger partial charge in [-0.15, -0.1) is 0 Å². The third-order valence-corrected chi connectivity index (χ3v) is 3.90. The first kappa shape index (κ1) is 16.0. The van der Waals surface area contributed by atoms with E-state index in [2.05, 4.69) is 46.3 Å². The number of hydrogen-bond acceptors (Lipinski definition) is 3. The molecule has 0 aliphatic rings. The smallest absolute Gasteiger partial charge is 0.137 e. The maximum Gasteiger partial charge on any atom is 0.137 e. The zero-order chi connectivity index (χ0) is 15.2. The summed E-state index contributed by atoms with van der Waals surface area (Å²) in [6.07, 6.45) is 2.65. The molecule has 0 aliphatic heterocycles. The van der Waals surface area contributed by atoms with Crippen molar-refractivity contribution in [3.63, 3.8) is 0 Å². The topological polar surface area (TPSA) is 39.1 Å². The Kier molecular flexibility index (Phi) is 5.82. The van der Waals surface area contributed by atoms with Crippen molar-refractivity contribution in [1.29, 1.82) is 0 Å². The molecule has 1 N–H and O–H groups in total. The Morgan fingerprint density at radius 3 is 2.81 bits per heavy atom. The SMILES string of the molecule is CC(C)NCc1cccc(Br)c1OCCc1ccnn1C. The second-order valence-electron chi connectivity index (χ2n) is 5.31. The van der Waals surface area contributed by atoms with Crippen molar-refractivity contribution in [3.05, 3.63) is 46.2 Å². The van der Waals surface area contributed by atoms with Crippen molar-refractivity contribution in [3.8, 4) is 5.75 Å². The van der Waals surface area contributed by atoms with Crippen LogP contribution in [-0.4, -0.2) is 22.4 Å².